The molecule has 0 N–H and O–H groups in total. The smallest absolute Gasteiger partial charge is 0.406 e. The first-order valence-electron chi connectivity index (χ1n) is 5.52. The van der Waals surface area contributed by atoms with Crippen LogP contribution in [-0.4, -0.2) is 16.3 Å². The molecule has 0 bridgehead atoms. The molecule has 4 nitrogen and oxygen atoms in total. The van der Waals surface area contributed by atoms with E-state index in [9.17, 15) is 13.2 Å². The largest absolute Gasteiger partial charge is 0.573 e. The van der Waals surface area contributed by atoms with Crippen molar-refractivity contribution in [3.8, 4) is 23.2 Å². The quantitative estimate of drug-likeness (QED) is 0.866. The Kier molecular flexibility index (Phi) is 3.84. The Morgan fingerprint density at radius 2 is 1.90 bits per heavy atom. The Bertz CT molecular complexity index is 633. The monoisotopic (exact) mass is 279 g/mol. The van der Waals surface area contributed by atoms with E-state index in [1.807, 2.05) is 6.07 Å². The molecule has 0 aliphatic carbocycles. The molecular weight excluding hydrogens is 271 g/mol. The van der Waals surface area contributed by atoms with Crippen LogP contribution in [0.15, 0.2) is 36.7 Å². The minimum Gasteiger partial charge on any atom is -0.406 e. The van der Waals surface area contributed by atoms with Gasteiger partial charge in [0.05, 0.1) is 12.5 Å². The maximum Gasteiger partial charge on any atom is 0.573 e. The third-order valence-electron chi connectivity index (χ3n) is 2.31. The second kappa shape index (κ2) is 5.57. The molecule has 102 valence electrons. The van der Waals surface area contributed by atoms with Gasteiger partial charge in [-0.3, -0.25) is 0 Å². The molecule has 0 aliphatic rings. The summed E-state index contributed by atoms with van der Waals surface area (Å²) in [4.78, 5) is 8.01. The molecule has 0 amide bonds. The lowest BCUT2D eigenvalue weighted by Gasteiger charge is -2.09. The Balaban J connectivity index is 2.24. The summed E-state index contributed by atoms with van der Waals surface area (Å²) in [6.07, 6.45) is -1.64. The van der Waals surface area contributed by atoms with Gasteiger partial charge in [0, 0.05) is 23.5 Å². The highest BCUT2D eigenvalue weighted by Crippen LogP contribution is 2.26. The number of ether oxygens (including phenoxy) is 1. The molecule has 20 heavy (non-hydrogen) atoms. The maximum absolute atomic E-state index is 12.1. The predicted octanol–water partition coefficient (Wildman–Crippen LogP) is 3.11. The number of halogens is 3. The number of nitriles is 1. The van der Waals surface area contributed by atoms with Gasteiger partial charge in [0.15, 0.2) is 5.82 Å². The van der Waals surface area contributed by atoms with Crippen LogP contribution in [0.4, 0.5) is 13.2 Å². The lowest BCUT2D eigenvalue weighted by Crippen LogP contribution is -2.17. The van der Waals surface area contributed by atoms with Crippen molar-refractivity contribution in [2.75, 3.05) is 0 Å². The lowest BCUT2D eigenvalue weighted by molar-refractivity contribution is -0.274. The van der Waals surface area contributed by atoms with E-state index in [2.05, 4.69) is 14.7 Å². The van der Waals surface area contributed by atoms with E-state index < -0.39 is 6.36 Å². The summed E-state index contributed by atoms with van der Waals surface area (Å²) in [5.74, 6) is -0.0704. The zero-order valence-electron chi connectivity index (χ0n) is 10.1. The summed E-state index contributed by atoms with van der Waals surface area (Å²) in [6, 6.07) is 7.34. The first-order valence-corrected chi connectivity index (χ1v) is 5.52. The second-order valence-electron chi connectivity index (χ2n) is 3.83. The van der Waals surface area contributed by atoms with Crippen molar-refractivity contribution >= 4 is 0 Å². The fraction of sp³-hybridized carbons (Fsp3) is 0.154. The number of hydrogen-bond acceptors (Lipinski definition) is 4. The van der Waals surface area contributed by atoms with Crippen LogP contribution >= 0.6 is 0 Å². The van der Waals surface area contributed by atoms with Gasteiger partial charge >= 0.3 is 6.36 Å². The molecule has 2 aromatic rings. The second-order valence-corrected chi connectivity index (χ2v) is 3.83. The Morgan fingerprint density at radius 3 is 2.50 bits per heavy atom. The predicted molar refractivity (Wildman–Crippen MR) is 63.5 cm³/mol. The van der Waals surface area contributed by atoms with Gasteiger partial charge in [-0.2, -0.15) is 5.26 Å². The minimum absolute atomic E-state index is 0.178. The number of alkyl halides is 3. The molecule has 2 rings (SSSR count). The molecule has 0 saturated heterocycles. The summed E-state index contributed by atoms with van der Waals surface area (Å²) in [6.45, 7) is 0. The molecular formula is C13H8F3N3O. The Morgan fingerprint density at radius 1 is 1.20 bits per heavy atom. The van der Waals surface area contributed by atoms with Crippen molar-refractivity contribution in [1.82, 2.24) is 9.97 Å². The molecule has 1 aromatic heterocycles. The Hall–Kier alpha value is -2.62. The standard InChI is InChI=1S/C13H8F3N3O/c14-13(15,16)20-11-3-1-2-10(6-11)12-18-7-9(4-5-17)8-19-12/h1-3,6-8H,4H2. The van der Waals surface area contributed by atoms with Crippen molar-refractivity contribution in [2.24, 2.45) is 0 Å². The summed E-state index contributed by atoms with van der Waals surface area (Å²) in [5, 5.41) is 8.52. The van der Waals surface area contributed by atoms with E-state index in [-0.39, 0.29) is 18.0 Å². The van der Waals surface area contributed by atoms with E-state index in [0.29, 0.717) is 11.1 Å². The van der Waals surface area contributed by atoms with Gasteiger partial charge in [-0.15, -0.1) is 13.2 Å². The van der Waals surface area contributed by atoms with Crippen LogP contribution in [0.25, 0.3) is 11.4 Å². The molecule has 0 aliphatic heterocycles. The van der Waals surface area contributed by atoms with Gasteiger partial charge in [-0.25, -0.2) is 9.97 Å². The van der Waals surface area contributed by atoms with Crippen LogP contribution in [0.5, 0.6) is 5.75 Å². The molecule has 0 unspecified atom stereocenters. The average molecular weight is 279 g/mol. The zero-order chi connectivity index (χ0) is 14.6. The molecule has 1 aromatic carbocycles. The highest BCUT2D eigenvalue weighted by molar-refractivity contribution is 5.57. The zero-order valence-corrected chi connectivity index (χ0v) is 10.1. The molecule has 0 saturated carbocycles. The molecule has 1 heterocycles. The average Bonchev–Trinajstić information content (AvgIpc) is 2.38. The normalized spacial score (nSPS) is 10.9. The van der Waals surface area contributed by atoms with Crippen molar-refractivity contribution in [3.05, 3.63) is 42.2 Å². The number of benzene rings is 1. The van der Waals surface area contributed by atoms with E-state index in [1.54, 1.807) is 6.07 Å². The van der Waals surface area contributed by atoms with Crippen molar-refractivity contribution < 1.29 is 17.9 Å². The van der Waals surface area contributed by atoms with Crippen molar-refractivity contribution in [2.45, 2.75) is 12.8 Å². The summed E-state index contributed by atoms with van der Waals surface area (Å²) in [5.41, 5.74) is 1.04. The van der Waals surface area contributed by atoms with Gasteiger partial charge in [0.1, 0.15) is 5.75 Å². The first kappa shape index (κ1) is 13.8. The molecule has 0 radical (unpaired) electrons. The van der Waals surface area contributed by atoms with E-state index in [1.165, 1.54) is 30.6 Å². The number of rotatable bonds is 3. The molecule has 0 fully saturated rings. The first-order chi connectivity index (χ1) is 9.48. The van der Waals surface area contributed by atoms with Crippen LogP contribution in [0.1, 0.15) is 5.56 Å². The van der Waals surface area contributed by atoms with Crippen molar-refractivity contribution in [1.29, 1.82) is 5.26 Å². The number of nitrogens with zero attached hydrogens (tertiary/aromatic N) is 3. The summed E-state index contributed by atoms with van der Waals surface area (Å²) in [7, 11) is 0. The van der Waals surface area contributed by atoms with Gasteiger partial charge < -0.3 is 4.74 Å². The Labute approximate surface area is 112 Å². The third-order valence-corrected chi connectivity index (χ3v) is 2.31. The SMILES string of the molecule is N#CCc1cnc(-c2cccc(OC(F)(F)F)c2)nc1. The van der Waals surface area contributed by atoms with Gasteiger partial charge in [0.2, 0.25) is 0 Å². The fourth-order valence-corrected chi connectivity index (χ4v) is 1.52. The third kappa shape index (κ3) is 3.68. The van der Waals surface area contributed by atoms with Crippen LogP contribution < -0.4 is 4.74 Å². The molecule has 0 spiro atoms. The van der Waals surface area contributed by atoms with Gasteiger partial charge in [-0.1, -0.05) is 12.1 Å². The van der Waals surface area contributed by atoms with Crippen LogP contribution in [0, 0.1) is 11.3 Å². The highest BCUT2D eigenvalue weighted by Gasteiger charge is 2.31. The van der Waals surface area contributed by atoms with Crippen molar-refractivity contribution in [3.63, 3.8) is 0 Å². The fourth-order valence-electron chi connectivity index (χ4n) is 1.52. The topological polar surface area (TPSA) is 58.8 Å². The highest BCUT2D eigenvalue weighted by atomic mass is 19.4. The van der Waals surface area contributed by atoms with E-state index in [4.69, 9.17) is 5.26 Å². The van der Waals surface area contributed by atoms with Crippen LogP contribution in [0.2, 0.25) is 0 Å². The summed E-state index contributed by atoms with van der Waals surface area (Å²) >= 11 is 0. The lowest BCUT2D eigenvalue weighted by atomic mass is 10.2. The summed E-state index contributed by atoms with van der Waals surface area (Å²) < 4.78 is 40.2. The van der Waals surface area contributed by atoms with E-state index >= 15 is 0 Å². The number of hydrogen-bond donors (Lipinski definition) is 0. The maximum atomic E-state index is 12.1. The van der Waals surface area contributed by atoms with Crippen LogP contribution in [0.3, 0.4) is 0 Å². The van der Waals surface area contributed by atoms with E-state index in [0.717, 1.165) is 0 Å². The molecule has 0 atom stereocenters. The van der Waals surface area contributed by atoms with Gasteiger partial charge in [0.25, 0.3) is 0 Å². The number of aromatic nitrogens is 2. The van der Waals surface area contributed by atoms with Crippen LogP contribution in [-0.2, 0) is 6.42 Å². The molecule has 7 heteroatoms. The minimum atomic E-state index is -4.74. The van der Waals surface area contributed by atoms with Gasteiger partial charge in [-0.05, 0) is 12.1 Å².